The summed E-state index contributed by atoms with van der Waals surface area (Å²) in [4.78, 5) is 14.2. The van der Waals surface area contributed by atoms with Crippen LogP contribution in [0, 0.1) is 0 Å². The first-order chi connectivity index (χ1) is 8.59. The van der Waals surface area contributed by atoms with E-state index in [-0.39, 0.29) is 5.91 Å². The molecule has 0 unspecified atom stereocenters. The van der Waals surface area contributed by atoms with Crippen molar-refractivity contribution in [1.82, 2.24) is 4.90 Å². The van der Waals surface area contributed by atoms with Crippen LogP contribution in [-0.2, 0) is 4.74 Å². The van der Waals surface area contributed by atoms with Crippen LogP contribution in [0.4, 0.5) is 0 Å². The average Bonchev–Trinajstić information content (AvgIpc) is 2.39. The SMILES string of the molecule is CC(C)c1ccc(Cl)c(C(=O)N2CCOCC2)c1. The second-order valence-corrected chi connectivity index (χ2v) is 5.21. The predicted octanol–water partition coefficient (Wildman–Crippen LogP) is 2.94. The summed E-state index contributed by atoms with van der Waals surface area (Å²) >= 11 is 6.14. The summed E-state index contributed by atoms with van der Waals surface area (Å²) in [7, 11) is 0. The Balaban J connectivity index is 2.25. The summed E-state index contributed by atoms with van der Waals surface area (Å²) in [5.41, 5.74) is 1.74. The molecular formula is C14H18ClNO2. The Morgan fingerprint density at radius 2 is 2.00 bits per heavy atom. The maximum absolute atomic E-state index is 12.4. The van der Waals surface area contributed by atoms with Crippen molar-refractivity contribution >= 4 is 17.5 Å². The maximum atomic E-state index is 12.4. The van der Waals surface area contributed by atoms with E-state index in [0.29, 0.717) is 42.8 Å². The molecule has 0 radical (unpaired) electrons. The van der Waals surface area contributed by atoms with Gasteiger partial charge >= 0.3 is 0 Å². The number of benzene rings is 1. The quantitative estimate of drug-likeness (QED) is 0.825. The van der Waals surface area contributed by atoms with Gasteiger partial charge in [-0.25, -0.2) is 0 Å². The molecule has 1 amide bonds. The minimum atomic E-state index is 0.00537. The number of ether oxygens (including phenoxy) is 1. The van der Waals surface area contributed by atoms with Gasteiger partial charge in [0.15, 0.2) is 0 Å². The van der Waals surface area contributed by atoms with E-state index >= 15 is 0 Å². The molecule has 1 fully saturated rings. The molecule has 2 rings (SSSR count). The van der Waals surface area contributed by atoms with Crippen LogP contribution >= 0.6 is 11.6 Å². The third-order valence-corrected chi connectivity index (χ3v) is 3.52. The Labute approximate surface area is 113 Å². The molecule has 0 N–H and O–H groups in total. The van der Waals surface area contributed by atoms with Gasteiger partial charge in [0, 0.05) is 13.1 Å². The summed E-state index contributed by atoms with van der Waals surface area (Å²) in [5, 5.41) is 0.524. The molecule has 4 heteroatoms. The lowest BCUT2D eigenvalue weighted by Gasteiger charge is -2.27. The van der Waals surface area contributed by atoms with Gasteiger partial charge in [0.25, 0.3) is 5.91 Å². The molecule has 1 saturated heterocycles. The Morgan fingerprint density at radius 1 is 1.33 bits per heavy atom. The summed E-state index contributed by atoms with van der Waals surface area (Å²) in [6.45, 7) is 6.70. The molecule has 3 nitrogen and oxygen atoms in total. The van der Waals surface area contributed by atoms with E-state index < -0.39 is 0 Å². The normalized spacial score (nSPS) is 16.1. The minimum absolute atomic E-state index is 0.00537. The Kier molecular flexibility index (Phi) is 4.25. The fraction of sp³-hybridized carbons (Fsp3) is 0.500. The first-order valence-corrected chi connectivity index (χ1v) is 6.64. The van der Waals surface area contributed by atoms with Gasteiger partial charge in [-0.2, -0.15) is 0 Å². The molecule has 98 valence electrons. The number of rotatable bonds is 2. The highest BCUT2D eigenvalue weighted by atomic mass is 35.5. The van der Waals surface area contributed by atoms with E-state index in [1.807, 2.05) is 18.2 Å². The number of carbonyl (C=O) groups is 1. The van der Waals surface area contributed by atoms with E-state index in [0.717, 1.165) is 5.56 Å². The number of morpholine rings is 1. The van der Waals surface area contributed by atoms with Crippen molar-refractivity contribution in [3.8, 4) is 0 Å². The molecule has 1 aromatic carbocycles. The maximum Gasteiger partial charge on any atom is 0.255 e. The molecule has 0 aliphatic carbocycles. The fourth-order valence-corrected chi connectivity index (χ4v) is 2.20. The van der Waals surface area contributed by atoms with Gasteiger partial charge in [-0.05, 0) is 23.6 Å². The molecule has 0 saturated carbocycles. The van der Waals surface area contributed by atoms with Crippen LogP contribution in [0.2, 0.25) is 5.02 Å². The van der Waals surface area contributed by atoms with Gasteiger partial charge in [-0.15, -0.1) is 0 Å². The molecular weight excluding hydrogens is 250 g/mol. The smallest absolute Gasteiger partial charge is 0.255 e. The minimum Gasteiger partial charge on any atom is -0.378 e. The summed E-state index contributed by atoms with van der Waals surface area (Å²) in [6.07, 6.45) is 0. The summed E-state index contributed by atoms with van der Waals surface area (Å²) < 4.78 is 5.25. The van der Waals surface area contributed by atoms with E-state index in [1.54, 1.807) is 4.90 Å². The molecule has 0 bridgehead atoms. The van der Waals surface area contributed by atoms with Gasteiger partial charge in [0.05, 0.1) is 23.8 Å². The van der Waals surface area contributed by atoms with E-state index in [9.17, 15) is 4.79 Å². The number of amides is 1. The van der Waals surface area contributed by atoms with Crippen LogP contribution in [0.15, 0.2) is 18.2 Å². The van der Waals surface area contributed by atoms with E-state index in [4.69, 9.17) is 16.3 Å². The van der Waals surface area contributed by atoms with Crippen LogP contribution in [0.5, 0.6) is 0 Å². The Morgan fingerprint density at radius 3 is 2.61 bits per heavy atom. The number of hydrogen-bond donors (Lipinski definition) is 0. The highest BCUT2D eigenvalue weighted by Gasteiger charge is 2.21. The molecule has 1 heterocycles. The largest absolute Gasteiger partial charge is 0.378 e. The molecule has 0 aromatic heterocycles. The van der Waals surface area contributed by atoms with Crippen molar-refractivity contribution in [2.45, 2.75) is 19.8 Å². The topological polar surface area (TPSA) is 29.5 Å². The molecule has 0 spiro atoms. The van der Waals surface area contributed by atoms with Crippen LogP contribution in [0.25, 0.3) is 0 Å². The molecule has 1 aliphatic rings. The summed E-state index contributed by atoms with van der Waals surface area (Å²) in [5.74, 6) is 0.393. The van der Waals surface area contributed by atoms with Gasteiger partial charge in [-0.3, -0.25) is 4.79 Å². The number of carbonyl (C=O) groups excluding carboxylic acids is 1. The van der Waals surface area contributed by atoms with E-state index in [2.05, 4.69) is 13.8 Å². The van der Waals surface area contributed by atoms with Crippen molar-refractivity contribution in [1.29, 1.82) is 0 Å². The number of hydrogen-bond acceptors (Lipinski definition) is 2. The predicted molar refractivity (Wildman–Crippen MR) is 72.3 cm³/mol. The van der Waals surface area contributed by atoms with Crippen LogP contribution in [0.1, 0.15) is 35.7 Å². The van der Waals surface area contributed by atoms with Gasteiger partial charge in [-0.1, -0.05) is 31.5 Å². The monoisotopic (exact) mass is 267 g/mol. The van der Waals surface area contributed by atoms with Crippen LogP contribution in [0.3, 0.4) is 0 Å². The highest BCUT2D eigenvalue weighted by molar-refractivity contribution is 6.33. The van der Waals surface area contributed by atoms with Crippen molar-refractivity contribution in [3.05, 3.63) is 34.3 Å². The van der Waals surface area contributed by atoms with Crippen LogP contribution < -0.4 is 0 Å². The lowest BCUT2D eigenvalue weighted by Crippen LogP contribution is -2.40. The highest BCUT2D eigenvalue weighted by Crippen LogP contribution is 2.24. The Hall–Kier alpha value is -1.06. The third-order valence-electron chi connectivity index (χ3n) is 3.19. The zero-order chi connectivity index (χ0) is 13.1. The zero-order valence-electron chi connectivity index (χ0n) is 10.8. The number of nitrogens with zero attached hydrogens (tertiary/aromatic N) is 1. The molecule has 18 heavy (non-hydrogen) atoms. The van der Waals surface area contributed by atoms with Gasteiger partial charge < -0.3 is 9.64 Å². The lowest BCUT2D eigenvalue weighted by atomic mass is 10.0. The molecule has 1 aliphatic heterocycles. The summed E-state index contributed by atoms with van der Waals surface area (Å²) in [6, 6.07) is 5.69. The van der Waals surface area contributed by atoms with E-state index in [1.165, 1.54) is 0 Å². The van der Waals surface area contributed by atoms with Crippen molar-refractivity contribution in [2.75, 3.05) is 26.3 Å². The van der Waals surface area contributed by atoms with Gasteiger partial charge in [0.2, 0.25) is 0 Å². The van der Waals surface area contributed by atoms with Crippen LogP contribution in [-0.4, -0.2) is 37.1 Å². The third kappa shape index (κ3) is 2.85. The Bertz CT molecular complexity index is 439. The lowest BCUT2D eigenvalue weighted by molar-refractivity contribution is 0.0303. The second kappa shape index (κ2) is 5.72. The number of halogens is 1. The average molecular weight is 268 g/mol. The first-order valence-electron chi connectivity index (χ1n) is 6.26. The molecule has 0 atom stereocenters. The van der Waals surface area contributed by atoms with Gasteiger partial charge in [0.1, 0.15) is 0 Å². The van der Waals surface area contributed by atoms with Crippen molar-refractivity contribution < 1.29 is 9.53 Å². The zero-order valence-corrected chi connectivity index (χ0v) is 11.5. The standard InChI is InChI=1S/C14H18ClNO2/c1-10(2)11-3-4-13(15)12(9-11)14(17)16-5-7-18-8-6-16/h3-4,9-10H,5-8H2,1-2H3. The fourth-order valence-electron chi connectivity index (χ4n) is 2.00. The second-order valence-electron chi connectivity index (χ2n) is 4.80. The van der Waals surface area contributed by atoms with Crippen molar-refractivity contribution in [3.63, 3.8) is 0 Å². The first kappa shape index (κ1) is 13.4. The van der Waals surface area contributed by atoms with Crippen molar-refractivity contribution in [2.24, 2.45) is 0 Å². The molecule has 1 aromatic rings.